The molecule has 3 heterocycles. The number of ether oxygens (including phenoxy) is 1. The first-order chi connectivity index (χ1) is 15.8. The van der Waals surface area contributed by atoms with Crippen molar-refractivity contribution in [2.75, 3.05) is 23.9 Å². The fourth-order valence-electron chi connectivity index (χ4n) is 4.12. The lowest BCUT2D eigenvalue weighted by molar-refractivity contribution is -0.119. The largest absolute Gasteiger partial charge is 0.375 e. The van der Waals surface area contributed by atoms with Gasteiger partial charge in [0, 0.05) is 39.5 Å². The zero-order valence-electron chi connectivity index (χ0n) is 18.3. The lowest BCUT2D eigenvalue weighted by atomic mass is 9.96. The van der Waals surface area contributed by atoms with E-state index in [4.69, 9.17) is 28.6 Å². The summed E-state index contributed by atoms with van der Waals surface area (Å²) < 4.78 is 6.03. The van der Waals surface area contributed by atoms with Gasteiger partial charge in [0.15, 0.2) is 5.11 Å². The number of thiocarbonyl (C=S) groups is 1. The predicted molar refractivity (Wildman–Crippen MR) is 143 cm³/mol. The van der Waals surface area contributed by atoms with Crippen LogP contribution in [0.3, 0.4) is 0 Å². The van der Waals surface area contributed by atoms with E-state index in [2.05, 4.69) is 61.9 Å². The number of benzene rings is 1. The first kappa shape index (κ1) is 23.9. The van der Waals surface area contributed by atoms with Crippen LogP contribution in [0, 0.1) is 17.4 Å². The zero-order valence-corrected chi connectivity index (χ0v) is 22.0. The molecule has 0 saturated carbocycles. The van der Waals surface area contributed by atoms with Gasteiger partial charge in [-0.25, -0.2) is 0 Å². The molecular weight excluding hydrogens is 573 g/mol. The topological polar surface area (TPSA) is 82.3 Å². The van der Waals surface area contributed by atoms with Gasteiger partial charge >= 0.3 is 0 Å². The Morgan fingerprint density at radius 1 is 1.30 bits per heavy atom. The number of anilines is 2. The number of nitrogens with one attached hydrogen (secondary N) is 3. The summed E-state index contributed by atoms with van der Waals surface area (Å²) in [5, 5.41) is 7.22. The van der Waals surface area contributed by atoms with Gasteiger partial charge in [-0.05, 0) is 79.0 Å². The van der Waals surface area contributed by atoms with Gasteiger partial charge in [0.05, 0.1) is 28.5 Å². The molecule has 0 unspecified atom stereocenters. The van der Waals surface area contributed by atoms with Crippen molar-refractivity contribution in [2.24, 2.45) is 0 Å². The SMILES string of the molecule is COCC(=O)Nc1ccc(N2C(=S)N[C@@H](c3ccccn3)[C@@H]2c2c(C)[nH]c(C)c2I)cc1Cl. The molecule has 3 N–H and O–H groups in total. The maximum absolute atomic E-state index is 11.9. The van der Waals surface area contributed by atoms with Gasteiger partial charge < -0.3 is 25.3 Å². The second kappa shape index (κ2) is 9.96. The maximum Gasteiger partial charge on any atom is 0.250 e. The summed E-state index contributed by atoms with van der Waals surface area (Å²) in [6.45, 7) is 4.09. The highest BCUT2D eigenvalue weighted by Crippen LogP contribution is 2.45. The third kappa shape index (κ3) is 4.72. The minimum atomic E-state index is -0.272. The Balaban J connectivity index is 1.78. The second-order valence-corrected chi connectivity index (χ2v) is 9.62. The van der Waals surface area contributed by atoms with Crippen LogP contribution < -0.4 is 15.5 Å². The molecule has 33 heavy (non-hydrogen) atoms. The Morgan fingerprint density at radius 2 is 2.09 bits per heavy atom. The smallest absolute Gasteiger partial charge is 0.250 e. The molecule has 4 rings (SSSR count). The molecule has 1 saturated heterocycles. The van der Waals surface area contributed by atoms with Crippen molar-refractivity contribution in [3.05, 3.63) is 73.8 Å². The third-order valence-electron chi connectivity index (χ3n) is 5.52. The molecule has 172 valence electrons. The van der Waals surface area contributed by atoms with Crippen molar-refractivity contribution in [1.29, 1.82) is 0 Å². The van der Waals surface area contributed by atoms with Crippen LogP contribution in [-0.4, -0.2) is 34.7 Å². The molecule has 0 radical (unpaired) electrons. The Hall–Kier alpha value is -2.21. The number of pyridine rings is 1. The summed E-state index contributed by atoms with van der Waals surface area (Å²) in [7, 11) is 1.47. The molecule has 0 bridgehead atoms. The van der Waals surface area contributed by atoms with Crippen molar-refractivity contribution in [2.45, 2.75) is 25.9 Å². The summed E-state index contributed by atoms with van der Waals surface area (Å²) in [6, 6.07) is 11.1. The van der Waals surface area contributed by atoms with E-state index in [1.165, 1.54) is 7.11 Å². The standard InChI is InChI=1S/C23H23ClIN5O2S/c1-12-19(20(25)13(2)27-12)22-21(17-6-4-5-9-26-17)29-23(33)30(22)14-7-8-16(15(24)10-14)28-18(31)11-32-3/h4-10,21-22,27H,11H2,1-3H3,(H,28,31)(H,29,33)/t21-,22-/m0/s1. The zero-order chi connectivity index (χ0) is 23.7. The summed E-state index contributed by atoms with van der Waals surface area (Å²) in [5.74, 6) is -0.272. The van der Waals surface area contributed by atoms with E-state index in [0.717, 1.165) is 31.9 Å². The maximum atomic E-state index is 11.9. The van der Waals surface area contributed by atoms with Crippen LogP contribution in [0.1, 0.15) is 34.7 Å². The number of rotatable bonds is 6. The number of amides is 1. The van der Waals surface area contributed by atoms with E-state index in [0.29, 0.717) is 15.8 Å². The van der Waals surface area contributed by atoms with Crippen molar-refractivity contribution >= 4 is 68.8 Å². The molecule has 0 aliphatic carbocycles. The molecule has 10 heteroatoms. The minimum absolute atomic E-state index is 0.0450. The van der Waals surface area contributed by atoms with Gasteiger partial charge in [0.2, 0.25) is 5.91 Å². The summed E-state index contributed by atoms with van der Waals surface area (Å²) in [5.41, 5.74) is 5.57. The van der Waals surface area contributed by atoms with Gasteiger partial charge in [-0.15, -0.1) is 0 Å². The van der Waals surface area contributed by atoms with E-state index in [1.807, 2.05) is 30.3 Å². The number of methoxy groups -OCH3 is 1. The van der Waals surface area contributed by atoms with Crippen LogP contribution in [-0.2, 0) is 9.53 Å². The molecule has 1 amide bonds. The lowest BCUT2D eigenvalue weighted by Crippen LogP contribution is -2.30. The van der Waals surface area contributed by atoms with Crippen molar-refractivity contribution in [1.82, 2.24) is 15.3 Å². The van der Waals surface area contributed by atoms with Crippen LogP contribution in [0.25, 0.3) is 0 Å². The van der Waals surface area contributed by atoms with Crippen LogP contribution in [0.5, 0.6) is 0 Å². The fraction of sp³-hybridized carbons (Fsp3) is 0.261. The van der Waals surface area contributed by atoms with E-state index in [-0.39, 0.29) is 24.6 Å². The van der Waals surface area contributed by atoms with Crippen molar-refractivity contribution < 1.29 is 9.53 Å². The Morgan fingerprint density at radius 3 is 2.70 bits per heavy atom. The van der Waals surface area contributed by atoms with Crippen LogP contribution in [0.2, 0.25) is 5.02 Å². The summed E-state index contributed by atoms with van der Waals surface area (Å²) >= 11 is 14.7. The first-order valence-corrected chi connectivity index (χ1v) is 12.1. The molecule has 2 aromatic heterocycles. The average Bonchev–Trinajstić information content (AvgIpc) is 3.25. The predicted octanol–water partition coefficient (Wildman–Crippen LogP) is 5.05. The molecule has 1 fully saturated rings. The number of aryl methyl sites for hydroxylation is 2. The Kier molecular flexibility index (Phi) is 7.22. The highest BCUT2D eigenvalue weighted by molar-refractivity contribution is 14.1. The summed E-state index contributed by atoms with van der Waals surface area (Å²) in [6.07, 6.45) is 1.79. The van der Waals surface area contributed by atoms with E-state index in [1.54, 1.807) is 12.3 Å². The average molecular weight is 596 g/mol. The molecule has 1 aromatic carbocycles. The fourth-order valence-corrected chi connectivity index (χ4v) is 5.55. The Bertz CT molecular complexity index is 1200. The quantitative estimate of drug-likeness (QED) is 0.274. The Labute approximate surface area is 216 Å². The second-order valence-electron chi connectivity index (χ2n) is 7.74. The van der Waals surface area contributed by atoms with Gasteiger partial charge in [-0.2, -0.15) is 0 Å². The van der Waals surface area contributed by atoms with Crippen LogP contribution in [0.15, 0.2) is 42.6 Å². The normalized spacial score (nSPS) is 17.8. The number of hydrogen-bond acceptors (Lipinski definition) is 4. The molecular formula is C23H23ClIN5O2S. The molecule has 0 spiro atoms. The number of H-pyrrole nitrogens is 1. The van der Waals surface area contributed by atoms with Crippen molar-refractivity contribution in [3.8, 4) is 0 Å². The van der Waals surface area contributed by atoms with Gasteiger partial charge in [-0.3, -0.25) is 9.78 Å². The first-order valence-electron chi connectivity index (χ1n) is 10.2. The highest BCUT2D eigenvalue weighted by Gasteiger charge is 2.43. The number of carbonyl (C=O) groups is 1. The minimum Gasteiger partial charge on any atom is -0.375 e. The molecule has 1 aliphatic heterocycles. The van der Waals surface area contributed by atoms with Crippen LogP contribution in [0.4, 0.5) is 11.4 Å². The monoisotopic (exact) mass is 595 g/mol. The van der Waals surface area contributed by atoms with Gasteiger partial charge in [0.1, 0.15) is 6.61 Å². The molecule has 2 atom stereocenters. The number of hydrogen-bond donors (Lipinski definition) is 3. The molecule has 7 nitrogen and oxygen atoms in total. The summed E-state index contributed by atoms with van der Waals surface area (Å²) in [4.78, 5) is 22.0. The van der Waals surface area contributed by atoms with E-state index >= 15 is 0 Å². The van der Waals surface area contributed by atoms with Gasteiger partial charge in [-0.1, -0.05) is 17.7 Å². The highest BCUT2D eigenvalue weighted by atomic mass is 127. The molecule has 1 aliphatic rings. The van der Waals surface area contributed by atoms with Crippen LogP contribution >= 0.6 is 46.4 Å². The number of halogens is 2. The third-order valence-corrected chi connectivity index (χ3v) is 7.54. The van der Waals surface area contributed by atoms with E-state index in [9.17, 15) is 4.79 Å². The number of aromatic amines is 1. The lowest BCUT2D eigenvalue weighted by Gasteiger charge is -2.29. The number of carbonyl (C=O) groups excluding carboxylic acids is 1. The molecule has 3 aromatic rings. The number of aromatic nitrogens is 2. The van der Waals surface area contributed by atoms with E-state index < -0.39 is 0 Å². The van der Waals surface area contributed by atoms with Gasteiger partial charge in [0.25, 0.3) is 0 Å². The number of nitrogens with zero attached hydrogens (tertiary/aromatic N) is 2. The van der Waals surface area contributed by atoms with Crippen molar-refractivity contribution in [3.63, 3.8) is 0 Å².